The Labute approximate surface area is 230 Å². The molecule has 208 valence electrons. The summed E-state index contributed by atoms with van der Waals surface area (Å²) < 4.78 is 44.4. The second-order valence-electron chi connectivity index (χ2n) is 11.8. The maximum Gasteiger partial charge on any atom is 0.303 e. The van der Waals surface area contributed by atoms with Crippen LogP contribution in [0.15, 0.2) is 76.4 Å². The van der Waals surface area contributed by atoms with Crippen LogP contribution in [-0.4, -0.2) is 39.5 Å². The number of sulfonamides is 1. The van der Waals surface area contributed by atoms with Crippen molar-refractivity contribution in [1.82, 2.24) is 10.3 Å². The lowest BCUT2D eigenvalue weighted by molar-refractivity contribution is -0.205. The minimum atomic E-state index is -3.82. The minimum absolute atomic E-state index is 0.00468. The second kappa shape index (κ2) is 9.16. The molecule has 1 aromatic rings. The van der Waals surface area contributed by atoms with Crippen LogP contribution in [0.2, 0.25) is 0 Å². The van der Waals surface area contributed by atoms with E-state index in [0.717, 1.165) is 35.2 Å². The first kappa shape index (κ1) is 26.5. The van der Waals surface area contributed by atoms with Crippen LogP contribution in [0.5, 0.6) is 0 Å². The summed E-state index contributed by atoms with van der Waals surface area (Å²) >= 11 is 0. The van der Waals surface area contributed by atoms with Crippen LogP contribution in [0.1, 0.15) is 45.6 Å². The number of aryl methyl sites for hydroxylation is 1. The Morgan fingerprint density at radius 3 is 2.49 bits per heavy atom. The van der Waals surface area contributed by atoms with Gasteiger partial charge in [-0.25, -0.2) is 8.42 Å². The number of allylic oxidation sites excluding steroid dienone is 4. The second-order valence-corrected chi connectivity index (χ2v) is 13.5. The lowest BCUT2D eigenvalue weighted by Gasteiger charge is -2.55. The van der Waals surface area contributed by atoms with Crippen LogP contribution in [0.25, 0.3) is 0 Å². The predicted molar refractivity (Wildman–Crippen MR) is 145 cm³/mol. The lowest BCUT2D eigenvalue weighted by Crippen LogP contribution is -2.53. The first-order valence-corrected chi connectivity index (χ1v) is 15.1. The molecule has 3 unspecified atom stereocenters. The smallest absolute Gasteiger partial charge is 0.303 e. The zero-order valence-electron chi connectivity index (χ0n) is 22.8. The molecule has 39 heavy (non-hydrogen) atoms. The summed E-state index contributed by atoms with van der Waals surface area (Å²) in [6.07, 6.45) is 12.4. The lowest BCUT2D eigenvalue weighted by atomic mass is 9.51. The summed E-state index contributed by atoms with van der Waals surface area (Å²) in [6, 6.07) is 6.76. The highest BCUT2D eigenvalue weighted by atomic mass is 32.2. The quantitative estimate of drug-likeness (QED) is 0.320. The molecule has 0 aromatic heterocycles. The van der Waals surface area contributed by atoms with Crippen LogP contribution in [0, 0.1) is 29.6 Å². The van der Waals surface area contributed by atoms with E-state index >= 15 is 0 Å². The van der Waals surface area contributed by atoms with Crippen LogP contribution >= 0.6 is 0 Å². The number of benzene rings is 1. The summed E-state index contributed by atoms with van der Waals surface area (Å²) in [4.78, 5) is 14.5. The highest BCUT2D eigenvalue weighted by Gasteiger charge is 2.63. The molecule has 1 aliphatic heterocycles. The molecule has 1 saturated heterocycles. The van der Waals surface area contributed by atoms with Gasteiger partial charge >= 0.3 is 5.97 Å². The predicted octanol–water partition coefficient (Wildman–Crippen LogP) is 4.22. The van der Waals surface area contributed by atoms with E-state index < -0.39 is 15.8 Å². The number of hydrazine groups is 1. The molecule has 1 spiro atoms. The number of nitrogens with one attached hydrogen (secondary N) is 2. The van der Waals surface area contributed by atoms with Crippen LogP contribution in [0.3, 0.4) is 0 Å². The molecule has 2 fully saturated rings. The Bertz CT molecular complexity index is 1420. The van der Waals surface area contributed by atoms with Crippen molar-refractivity contribution >= 4 is 16.0 Å². The standard InChI is InChI=1S/C30H36N2O6S/c1-19-5-7-23(8-6-19)39(34,35)32-31-26-18-21-17-22(38-20(2)33)9-12-28(21,3)24-10-13-29(4)25(27(24)26)11-14-30(29)36-15-16-37-30/h5-9,11-12,14,18,22,24-25,31-32H,10,13,15-17H2,1-4H3/t22?,24?,25?,28-,29-/m0/s1. The van der Waals surface area contributed by atoms with Gasteiger partial charge in [-0.2, -0.15) is 0 Å². The Morgan fingerprint density at radius 2 is 1.79 bits per heavy atom. The van der Waals surface area contributed by atoms with Crippen molar-refractivity contribution in [2.24, 2.45) is 22.7 Å². The summed E-state index contributed by atoms with van der Waals surface area (Å²) in [5.41, 5.74) is 6.47. The van der Waals surface area contributed by atoms with Crippen molar-refractivity contribution in [2.45, 2.75) is 63.7 Å². The van der Waals surface area contributed by atoms with Gasteiger partial charge in [0, 0.05) is 35.8 Å². The molecule has 2 N–H and O–H groups in total. The van der Waals surface area contributed by atoms with Gasteiger partial charge in [0.1, 0.15) is 6.10 Å². The van der Waals surface area contributed by atoms with Gasteiger partial charge in [0.2, 0.25) is 0 Å². The third-order valence-electron chi connectivity index (χ3n) is 9.46. The Hall–Kier alpha value is -2.72. The summed E-state index contributed by atoms with van der Waals surface area (Å²) in [5.74, 6) is -0.973. The molecule has 1 aromatic carbocycles. The average Bonchev–Trinajstić information content (AvgIpc) is 3.49. The third kappa shape index (κ3) is 4.13. The van der Waals surface area contributed by atoms with Gasteiger partial charge in [0.25, 0.3) is 10.0 Å². The number of hydrogen-bond donors (Lipinski definition) is 2. The highest BCUT2D eigenvalue weighted by Crippen LogP contribution is 2.65. The molecule has 4 aliphatic carbocycles. The molecule has 8 nitrogen and oxygen atoms in total. The van der Waals surface area contributed by atoms with E-state index in [0.29, 0.717) is 19.6 Å². The number of fused-ring (bicyclic) bond motifs is 6. The van der Waals surface area contributed by atoms with E-state index in [9.17, 15) is 13.2 Å². The first-order valence-electron chi connectivity index (χ1n) is 13.6. The molecule has 0 bridgehead atoms. The number of carbonyl (C=O) groups is 1. The van der Waals surface area contributed by atoms with Gasteiger partial charge < -0.3 is 19.6 Å². The molecular formula is C30H36N2O6S. The van der Waals surface area contributed by atoms with Gasteiger partial charge in [-0.15, -0.1) is 4.83 Å². The van der Waals surface area contributed by atoms with Gasteiger partial charge in [-0.05, 0) is 61.6 Å². The largest absolute Gasteiger partial charge is 0.458 e. The zero-order valence-corrected chi connectivity index (χ0v) is 23.6. The average molecular weight is 553 g/mol. The van der Waals surface area contributed by atoms with Gasteiger partial charge in [0.05, 0.1) is 18.1 Å². The van der Waals surface area contributed by atoms with Crippen molar-refractivity contribution < 1.29 is 27.4 Å². The third-order valence-corrected chi connectivity index (χ3v) is 10.7. The van der Waals surface area contributed by atoms with Crippen molar-refractivity contribution in [2.75, 3.05) is 13.2 Å². The molecule has 5 atom stereocenters. The highest BCUT2D eigenvalue weighted by molar-refractivity contribution is 7.89. The Morgan fingerprint density at radius 1 is 1.08 bits per heavy atom. The van der Waals surface area contributed by atoms with E-state index in [1.807, 2.05) is 19.1 Å². The number of ether oxygens (including phenoxy) is 3. The molecule has 5 aliphatic rings. The minimum Gasteiger partial charge on any atom is -0.458 e. The molecular weight excluding hydrogens is 516 g/mol. The van der Waals surface area contributed by atoms with Gasteiger partial charge in [-0.3, -0.25) is 4.79 Å². The van der Waals surface area contributed by atoms with Crippen LogP contribution in [0.4, 0.5) is 0 Å². The first-order chi connectivity index (χ1) is 18.5. The number of hydrogen-bond acceptors (Lipinski definition) is 7. The van der Waals surface area contributed by atoms with Gasteiger partial charge in [0.15, 0.2) is 5.79 Å². The fourth-order valence-corrected chi connectivity index (χ4v) is 8.16. The van der Waals surface area contributed by atoms with Crippen LogP contribution < -0.4 is 10.3 Å². The fraction of sp³-hybridized carbons (Fsp3) is 0.500. The Balaban J connectivity index is 1.41. The van der Waals surface area contributed by atoms with E-state index in [4.69, 9.17) is 14.2 Å². The van der Waals surface area contributed by atoms with Crippen molar-refractivity contribution in [1.29, 1.82) is 0 Å². The zero-order chi connectivity index (χ0) is 27.6. The summed E-state index contributed by atoms with van der Waals surface area (Å²) in [6.45, 7) is 8.89. The maximum atomic E-state index is 13.2. The van der Waals surface area contributed by atoms with Crippen LogP contribution in [-0.2, 0) is 29.0 Å². The maximum absolute atomic E-state index is 13.2. The van der Waals surface area contributed by atoms with Crippen molar-refractivity contribution in [3.63, 3.8) is 0 Å². The summed E-state index contributed by atoms with van der Waals surface area (Å²) in [7, 11) is -3.82. The SMILES string of the molecule is CC(=O)OC1C=C[C@@]2(C)C(=CC(NNS(=O)(=O)c3ccc(C)cc3)=C3C2CC[C@@]2(C)C3C=CC23OCCO3)C1. The molecule has 1 heterocycles. The number of esters is 1. The molecule has 9 heteroatoms. The van der Waals surface area contributed by atoms with Crippen molar-refractivity contribution in [3.8, 4) is 0 Å². The van der Waals surface area contributed by atoms with E-state index in [-0.39, 0.29) is 39.6 Å². The monoisotopic (exact) mass is 552 g/mol. The topological polar surface area (TPSA) is 103 Å². The fourth-order valence-electron chi connectivity index (χ4n) is 7.30. The summed E-state index contributed by atoms with van der Waals surface area (Å²) in [5, 5.41) is 0. The number of carbonyl (C=O) groups excluding carboxylic acids is 1. The number of rotatable bonds is 5. The molecule has 6 rings (SSSR count). The normalized spacial score (nSPS) is 34.4. The Kier molecular flexibility index (Phi) is 6.22. The van der Waals surface area contributed by atoms with Gasteiger partial charge in [-0.1, -0.05) is 49.3 Å². The van der Waals surface area contributed by atoms with E-state index in [1.54, 1.807) is 24.3 Å². The van der Waals surface area contributed by atoms with E-state index in [2.05, 4.69) is 42.3 Å². The molecule has 1 saturated carbocycles. The van der Waals surface area contributed by atoms with E-state index in [1.165, 1.54) is 6.92 Å². The molecule has 0 radical (unpaired) electrons. The molecule has 0 amide bonds. The van der Waals surface area contributed by atoms with Crippen molar-refractivity contribution in [3.05, 3.63) is 77.1 Å².